The Labute approximate surface area is 139 Å². The highest BCUT2D eigenvalue weighted by Crippen LogP contribution is 2.21. The first-order valence-corrected chi connectivity index (χ1v) is 8.12. The minimum atomic E-state index is 0. The van der Waals surface area contributed by atoms with Gasteiger partial charge in [0.2, 0.25) is 0 Å². The summed E-state index contributed by atoms with van der Waals surface area (Å²) in [6, 6.07) is 9.02. The van der Waals surface area contributed by atoms with Gasteiger partial charge in [0.1, 0.15) is 12.4 Å². The number of ether oxygens (including phenoxy) is 2. The molecule has 2 aliphatic rings. The highest BCUT2D eigenvalue weighted by molar-refractivity contribution is 5.85. The lowest BCUT2D eigenvalue weighted by Gasteiger charge is -2.23. The number of hydrogen-bond acceptors (Lipinski definition) is 4. The summed E-state index contributed by atoms with van der Waals surface area (Å²) in [6.45, 7) is 4.47. The number of benzene rings is 1. The lowest BCUT2D eigenvalue weighted by Crippen LogP contribution is -2.34. The normalized spacial score (nSPS) is 25.1. The van der Waals surface area contributed by atoms with Crippen molar-refractivity contribution in [2.45, 2.75) is 44.4 Å². The van der Waals surface area contributed by atoms with Crippen molar-refractivity contribution in [3.63, 3.8) is 0 Å². The van der Waals surface area contributed by atoms with Crippen LogP contribution in [0.5, 0.6) is 5.75 Å². The van der Waals surface area contributed by atoms with Crippen molar-refractivity contribution in [2.75, 3.05) is 26.3 Å². The van der Waals surface area contributed by atoms with E-state index >= 15 is 0 Å². The van der Waals surface area contributed by atoms with Gasteiger partial charge in [0.15, 0.2) is 0 Å². The van der Waals surface area contributed by atoms with Gasteiger partial charge in [-0.05, 0) is 49.9 Å². The Balaban J connectivity index is 0.00000176. The fraction of sp³-hybridized carbons (Fsp3) is 0.647. The summed E-state index contributed by atoms with van der Waals surface area (Å²) < 4.78 is 11.4. The SMILES string of the molecule is Cl.NCC1CCCN1Cc1ccc(OCC2CCCO2)cc1. The molecule has 2 aliphatic heterocycles. The van der Waals surface area contributed by atoms with E-state index in [1.54, 1.807) is 0 Å². The van der Waals surface area contributed by atoms with E-state index in [1.165, 1.54) is 24.9 Å². The minimum absolute atomic E-state index is 0. The van der Waals surface area contributed by atoms with Crippen LogP contribution in [0.2, 0.25) is 0 Å². The summed E-state index contributed by atoms with van der Waals surface area (Å²) in [4.78, 5) is 2.49. The van der Waals surface area contributed by atoms with E-state index in [-0.39, 0.29) is 18.5 Å². The van der Waals surface area contributed by atoms with E-state index in [1.807, 2.05) is 0 Å². The van der Waals surface area contributed by atoms with Crippen molar-refractivity contribution in [1.82, 2.24) is 4.90 Å². The van der Waals surface area contributed by atoms with E-state index in [0.717, 1.165) is 38.3 Å². The van der Waals surface area contributed by atoms with Gasteiger partial charge in [-0.2, -0.15) is 0 Å². The van der Waals surface area contributed by atoms with Gasteiger partial charge < -0.3 is 15.2 Å². The van der Waals surface area contributed by atoms with E-state index in [0.29, 0.717) is 12.6 Å². The minimum Gasteiger partial charge on any atom is -0.491 e. The van der Waals surface area contributed by atoms with Crippen molar-refractivity contribution in [3.05, 3.63) is 29.8 Å². The Morgan fingerprint density at radius 3 is 2.68 bits per heavy atom. The van der Waals surface area contributed by atoms with Crippen LogP contribution in [-0.4, -0.2) is 43.3 Å². The van der Waals surface area contributed by atoms with Crippen LogP contribution >= 0.6 is 12.4 Å². The first-order valence-electron chi connectivity index (χ1n) is 8.12. The molecule has 2 N–H and O–H groups in total. The third-order valence-electron chi connectivity index (χ3n) is 4.54. The number of rotatable bonds is 6. The van der Waals surface area contributed by atoms with Gasteiger partial charge in [-0.25, -0.2) is 0 Å². The van der Waals surface area contributed by atoms with Crippen molar-refractivity contribution in [3.8, 4) is 5.75 Å². The number of nitrogens with zero attached hydrogens (tertiary/aromatic N) is 1. The van der Waals surface area contributed by atoms with Crippen LogP contribution in [0.1, 0.15) is 31.2 Å². The van der Waals surface area contributed by atoms with Crippen molar-refractivity contribution in [1.29, 1.82) is 0 Å². The maximum Gasteiger partial charge on any atom is 0.119 e. The molecule has 4 nitrogen and oxygen atoms in total. The summed E-state index contributed by atoms with van der Waals surface area (Å²) in [5.74, 6) is 0.936. The summed E-state index contributed by atoms with van der Waals surface area (Å²) in [5, 5.41) is 0. The molecule has 0 aliphatic carbocycles. The summed E-state index contributed by atoms with van der Waals surface area (Å²) in [5.41, 5.74) is 7.16. The fourth-order valence-corrected chi connectivity index (χ4v) is 3.26. The molecule has 2 fully saturated rings. The molecule has 0 spiro atoms. The number of nitrogens with two attached hydrogens (primary N) is 1. The van der Waals surface area contributed by atoms with Crippen molar-refractivity contribution >= 4 is 12.4 Å². The molecular weight excluding hydrogens is 300 g/mol. The van der Waals surface area contributed by atoms with Gasteiger partial charge in [-0.1, -0.05) is 12.1 Å². The Morgan fingerprint density at radius 2 is 2.00 bits per heavy atom. The van der Waals surface area contributed by atoms with Crippen LogP contribution in [0.3, 0.4) is 0 Å². The third-order valence-corrected chi connectivity index (χ3v) is 4.54. The zero-order chi connectivity index (χ0) is 14.5. The zero-order valence-corrected chi connectivity index (χ0v) is 13.9. The number of halogens is 1. The Bertz CT molecular complexity index is 435. The summed E-state index contributed by atoms with van der Waals surface area (Å²) in [6.07, 6.45) is 5.06. The fourth-order valence-electron chi connectivity index (χ4n) is 3.26. The number of hydrogen-bond donors (Lipinski definition) is 1. The molecular formula is C17H27ClN2O2. The Hall–Kier alpha value is -0.810. The van der Waals surface area contributed by atoms with Crippen molar-refractivity contribution in [2.24, 2.45) is 5.73 Å². The highest BCUT2D eigenvalue weighted by Gasteiger charge is 2.22. The molecule has 0 radical (unpaired) electrons. The standard InChI is InChI=1S/C17H26N2O2.ClH/c18-11-15-3-1-9-19(15)12-14-5-7-16(8-6-14)21-13-17-4-2-10-20-17;/h5-8,15,17H,1-4,9-13,18H2;1H. The van der Waals surface area contributed by atoms with Crippen molar-refractivity contribution < 1.29 is 9.47 Å². The highest BCUT2D eigenvalue weighted by atomic mass is 35.5. The first kappa shape index (κ1) is 17.5. The lowest BCUT2D eigenvalue weighted by atomic mass is 10.2. The van der Waals surface area contributed by atoms with Crippen LogP contribution in [-0.2, 0) is 11.3 Å². The third kappa shape index (κ3) is 4.59. The molecule has 124 valence electrons. The molecule has 0 aromatic heterocycles. The largest absolute Gasteiger partial charge is 0.491 e. The molecule has 22 heavy (non-hydrogen) atoms. The van der Waals surface area contributed by atoms with Crippen LogP contribution in [0.4, 0.5) is 0 Å². The summed E-state index contributed by atoms with van der Waals surface area (Å²) in [7, 11) is 0. The molecule has 0 bridgehead atoms. The smallest absolute Gasteiger partial charge is 0.119 e. The van der Waals surface area contributed by atoms with Gasteiger partial charge in [-0.3, -0.25) is 4.90 Å². The molecule has 0 saturated carbocycles. The second-order valence-corrected chi connectivity index (χ2v) is 6.09. The van der Waals surface area contributed by atoms with E-state index in [9.17, 15) is 0 Å². The predicted molar refractivity (Wildman–Crippen MR) is 90.6 cm³/mol. The van der Waals surface area contributed by atoms with Gasteiger partial charge >= 0.3 is 0 Å². The van der Waals surface area contributed by atoms with E-state index in [2.05, 4.69) is 29.2 Å². The second kappa shape index (κ2) is 8.73. The van der Waals surface area contributed by atoms with Gasteiger partial charge in [0.05, 0.1) is 6.10 Å². The topological polar surface area (TPSA) is 47.7 Å². The molecule has 2 atom stereocenters. The maximum absolute atomic E-state index is 5.83. The van der Waals surface area contributed by atoms with Crippen LogP contribution in [0.25, 0.3) is 0 Å². The molecule has 0 amide bonds. The average molecular weight is 327 g/mol. The van der Waals surface area contributed by atoms with Gasteiger partial charge in [0, 0.05) is 25.7 Å². The summed E-state index contributed by atoms with van der Waals surface area (Å²) >= 11 is 0. The molecule has 1 aromatic rings. The second-order valence-electron chi connectivity index (χ2n) is 6.09. The quantitative estimate of drug-likeness (QED) is 0.873. The van der Waals surface area contributed by atoms with E-state index in [4.69, 9.17) is 15.2 Å². The Kier molecular flexibility index (Phi) is 6.96. The molecule has 1 aromatic carbocycles. The number of likely N-dealkylation sites (tertiary alicyclic amines) is 1. The molecule has 2 heterocycles. The monoisotopic (exact) mass is 326 g/mol. The average Bonchev–Trinajstić information content (AvgIpc) is 3.17. The van der Waals surface area contributed by atoms with E-state index < -0.39 is 0 Å². The lowest BCUT2D eigenvalue weighted by molar-refractivity contribution is 0.0679. The van der Waals surface area contributed by atoms with Crippen LogP contribution < -0.4 is 10.5 Å². The Morgan fingerprint density at radius 1 is 1.18 bits per heavy atom. The molecule has 2 unspecified atom stereocenters. The van der Waals surface area contributed by atoms with Crippen LogP contribution in [0, 0.1) is 0 Å². The zero-order valence-electron chi connectivity index (χ0n) is 13.1. The molecule has 5 heteroatoms. The molecule has 3 rings (SSSR count). The maximum atomic E-state index is 5.83. The van der Waals surface area contributed by atoms with Gasteiger partial charge in [0.25, 0.3) is 0 Å². The predicted octanol–water partition coefficient (Wildman–Crippen LogP) is 2.59. The van der Waals surface area contributed by atoms with Gasteiger partial charge in [-0.15, -0.1) is 12.4 Å². The molecule has 2 saturated heterocycles. The first-order chi connectivity index (χ1) is 10.3. The van der Waals surface area contributed by atoms with Crippen LogP contribution in [0.15, 0.2) is 24.3 Å².